The third-order valence-electron chi connectivity index (χ3n) is 4.44. The lowest BCUT2D eigenvalue weighted by Crippen LogP contribution is -1.89. The Morgan fingerprint density at radius 1 is 1.05 bits per heavy atom. The zero-order chi connectivity index (χ0) is 15.3. The van der Waals surface area contributed by atoms with E-state index in [4.69, 9.17) is 4.42 Å². The lowest BCUT2D eigenvalue weighted by molar-refractivity contribution is 0.669. The van der Waals surface area contributed by atoms with Gasteiger partial charge in [0.25, 0.3) is 0 Å². The van der Waals surface area contributed by atoms with Crippen LogP contribution in [0.5, 0.6) is 0 Å². The summed E-state index contributed by atoms with van der Waals surface area (Å²) in [5.41, 5.74) is 5.55. The number of aromatic nitrogens is 1. The molecule has 0 radical (unpaired) electrons. The van der Waals surface area contributed by atoms with Gasteiger partial charge in [-0.25, -0.2) is 0 Å². The third-order valence-corrected chi connectivity index (χ3v) is 4.44. The maximum atomic E-state index is 6.00. The van der Waals surface area contributed by atoms with E-state index in [1.54, 1.807) is 0 Å². The summed E-state index contributed by atoms with van der Waals surface area (Å²) in [6.07, 6.45) is 5.92. The molecule has 0 unspecified atom stereocenters. The summed E-state index contributed by atoms with van der Waals surface area (Å²) in [4.78, 5) is 0. The second kappa shape index (κ2) is 4.63. The van der Waals surface area contributed by atoms with Gasteiger partial charge in [-0.1, -0.05) is 43.0 Å². The first-order valence-corrected chi connectivity index (χ1v) is 7.40. The van der Waals surface area contributed by atoms with Crippen molar-refractivity contribution in [3.63, 3.8) is 0 Å². The molecule has 0 amide bonds. The average Bonchev–Trinajstić information content (AvgIpc) is 3.01. The van der Waals surface area contributed by atoms with Gasteiger partial charge in [-0.05, 0) is 19.1 Å². The number of nitrogens with zero attached hydrogens (tertiary/aromatic N) is 1. The van der Waals surface area contributed by atoms with Crippen molar-refractivity contribution in [1.29, 1.82) is 0 Å². The van der Waals surface area contributed by atoms with Crippen molar-refractivity contribution in [2.24, 2.45) is 7.05 Å². The van der Waals surface area contributed by atoms with Gasteiger partial charge >= 0.3 is 0 Å². The summed E-state index contributed by atoms with van der Waals surface area (Å²) < 4.78 is 8.21. The van der Waals surface area contributed by atoms with Gasteiger partial charge in [-0.3, -0.25) is 0 Å². The fraction of sp³-hybridized carbons (Fsp3) is 0.100. The molecule has 0 saturated carbocycles. The van der Waals surface area contributed by atoms with Crippen molar-refractivity contribution < 1.29 is 4.42 Å². The van der Waals surface area contributed by atoms with Gasteiger partial charge in [0.05, 0.1) is 5.52 Å². The standard InChI is InChI=1S/C20H17NO/c1-4-5-8-14-13(2)21(3)18-12-20-17(11-16(14)18)15-9-6-7-10-19(15)22-20/h4-12H,1H2,2-3H3/b8-5-. The van der Waals surface area contributed by atoms with Crippen LogP contribution < -0.4 is 0 Å². The molecule has 2 aromatic heterocycles. The first kappa shape index (κ1) is 13.0. The largest absolute Gasteiger partial charge is 0.456 e. The van der Waals surface area contributed by atoms with Crippen LogP contribution in [0.15, 0.2) is 59.5 Å². The molecule has 0 saturated heterocycles. The monoisotopic (exact) mass is 287 g/mol. The lowest BCUT2D eigenvalue weighted by Gasteiger charge is -1.98. The molecule has 2 nitrogen and oxygen atoms in total. The van der Waals surface area contributed by atoms with Crippen molar-refractivity contribution in [2.45, 2.75) is 6.92 Å². The van der Waals surface area contributed by atoms with Crippen LogP contribution in [0.4, 0.5) is 0 Å². The summed E-state index contributed by atoms with van der Waals surface area (Å²) in [5, 5.41) is 3.58. The van der Waals surface area contributed by atoms with E-state index < -0.39 is 0 Å². The number of rotatable bonds is 2. The van der Waals surface area contributed by atoms with Gasteiger partial charge in [0, 0.05) is 40.5 Å². The maximum absolute atomic E-state index is 6.00. The smallest absolute Gasteiger partial charge is 0.137 e. The Kier molecular flexibility index (Phi) is 2.73. The van der Waals surface area contributed by atoms with E-state index in [1.165, 1.54) is 32.9 Å². The van der Waals surface area contributed by atoms with Gasteiger partial charge in [0.2, 0.25) is 0 Å². The fourth-order valence-corrected chi connectivity index (χ4v) is 3.18. The minimum absolute atomic E-state index is 0.938. The van der Waals surface area contributed by atoms with Crippen LogP contribution >= 0.6 is 0 Å². The molecule has 108 valence electrons. The molecule has 22 heavy (non-hydrogen) atoms. The van der Waals surface area contributed by atoms with E-state index in [0.29, 0.717) is 0 Å². The van der Waals surface area contributed by atoms with E-state index >= 15 is 0 Å². The van der Waals surface area contributed by atoms with Crippen LogP contribution in [0.2, 0.25) is 0 Å². The Bertz CT molecular complexity index is 1060. The highest BCUT2D eigenvalue weighted by Crippen LogP contribution is 2.35. The number of allylic oxidation sites excluding steroid dienone is 2. The van der Waals surface area contributed by atoms with Gasteiger partial charge in [-0.2, -0.15) is 0 Å². The van der Waals surface area contributed by atoms with Gasteiger partial charge in [0.15, 0.2) is 0 Å². The highest BCUT2D eigenvalue weighted by atomic mass is 16.3. The summed E-state index contributed by atoms with van der Waals surface area (Å²) >= 11 is 0. The Balaban J connectivity index is 2.17. The van der Waals surface area contributed by atoms with Gasteiger partial charge < -0.3 is 8.98 Å². The van der Waals surface area contributed by atoms with Crippen LogP contribution in [0, 0.1) is 6.92 Å². The van der Waals surface area contributed by atoms with Crippen molar-refractivity contribution in [1.82, 2.24) is 4.57 Å². The topological polar surface area (TPSA) is 18.1 Å². The molecule has 0 atom stereocenters. The highest BCUT2D eigenvalue weighted by Gasteiger charge is 2.14. The highest BCUT2D eigenvalue weighted by molar-refractivity contribution is 6.11. The van der Waals surface area contributed by atoms with Crippen LogP contribution in [0.1, 0.15) is 11.3 Å². The van der Waals surface area contributed by atoms with E-state index in [1.807, 2.05) is 24.3 Å². The Morgan fingerprint density at radius 3 is 2.68 bits per heavy atom. The van der Waals surface area contributed by atoms with Crippen molar-refractivity contribution in [2.75, 3.05) is 0 Å². The van der Waals surface area contributed by atoms with E-state index in [-0.39, 0.29) is 0 Å². The number of fused-ring (bicyclic) bond motifs is 4. The van der Waals surface area contributed by atoms with Crippen molar-refractivity contribution >= 4 is 38.9 Å². The summed E-state index contributed by atoms with van der Waals surface area (Å²) in [6, 6.07) is 12.6. The molecule has 0 spiro atoms. The van der Waals surface area contributed by atoms with Gasteiger partial charge in [0.1, 0.15) is 11.2 Å². The number of para-hydroxylation sites is 1. The Morgan fingerprint density at radius 2 is 1.86 bits per heavy atom. The normalized spacial score (nSPS) is 12.1. The van der Waals surface area contributed by atoms with Crippen LogP contribution in [0.3, 0.4) is 0 Å². The maximum Gasteiger partial charge on any atom is 0.137 e. The molecule has 0 aliphatic carbocycles. The number of hydrogen-bond donors (Lipinski definition) is 0. The predicted molar refractivity (Wildman–Crippen MR) is 94.2 cm³/mol. The molecule has 2 aromatic carbocycles. The Labute approximate surface area is 129 Å². The first-order valence-electron chi connectivity index (χ1n) is 7.40. The van der Waals surface area contributed by atoms with Gasteiger partial charge in [-0.15, -0.1) is 0 Å². The van der Waals surface area contributed by atoms with E-state index in [2.05, 4.69) is 55.5 Å². The number of furan rings is 1. The fourth-order valence-electron chi connectivity index (χ4n) is 3.18. The molecule has 2 heterocycles. The molecule has 0 bridgehead atoms. The molecular weight excluding hydrogens is 270 g/mol. The van der Waals surface area contributed by atoms with Crippen LogP contribution in [-0.2, 0) is 7.05 Å². The minimum atomic E-state index is 0.938. The van der Waals surface area contributed by atoms with E-state index in [9.17, 15) is 0 Å². The molecular formula is C20H17NO. The quantitative estimate of drug-likeness (QED) is 0.440. The lowest BCUT2D eigenvalue weighted by atomic mass is 10.1. The number of aryl methyl sites for hydroxylation is 1. The molecule has 0 N–H and O–H groups in total. The number of hydrogen-bond acceptors (Lipinski definition) is 1. The number of benzene rings is 2. The second-order valence-electron chi connectivity index (χ2n) is 5.62. The third kappa shape index (κ3) is 1.67. The molecule has 4 rings (SSSR count). The van der Waals surface area contributed by atoms with E-state index in [0.717, 1.165) is 11.2 Å². The van der Waals surface area contributed by atoms with Crippen molar-refractivity contribution in [3.8, 4) is 0 Å². The summed E-state index contributed by atoms with van der Waals surface area (Å²) in [6.45, 7) is 5.91. The molecule has 0 fully saturated rings. The molecule has 0 aliphatic heterocycles. The minimum Gasteiger partial charge on any atom is -0.456 e. The molecule has 2 heteroatoms. The summed E-state index contributed by atoms with van der Waals surface area (Å²) in [7, 11) is 2.09. The van der Waals surface area contributed by atoms with Crippen LogP contribution in [-0.4, -0.2) is 4.57 Å². The average molecular weight is 287 g/mol. The second-order valence-corrected chi connectivity index (χ2v) is 5.62. The molecule has 4 aromatic rings. The first-order chi connectivity index (χ1) is 10.7. The van der Waals surface area contributed by atoms with Crippen molar-refractivity contribution in [3.05, 3.63) is 66.4 Å². The zero-order valence-electron chi connectivity index (χ0n) is 12.8. The summed E-state index contributed by atoms with van der Waals surface area (Å²) in [5.74, 6) is 0. The Hall–Kier alpha value is -2.74. The molecule has 0 aliphatic rings. The SMILES string of the molecule is C=C/C=C\c1c(C)n(C)c2cc3oc4ccccc4c3cc12. The zero-order valence-corrected chi connectivity index (χ0v) is 12.8. The predicted octanol–water partition coefficient (Wildman–Crippen LogP) is 5.59. The van der Waals surface area contributed by atoms with Crippen LogP contribution in [0.25, 0.3) is 38.9 Å².